The van der Waals surface area contributed by atoms with Crippen LogP contribution in [-0.2, 0) is 11.2 Å². The Bertz CT molecular complexity index is 971. The second-order valence-electron chi connectivity index (χ2n) is 8.72. The highest BCUT2D eigenvalue weighted by Gasteiger charge is 2.33. The van der Waals surface area contributed by atoms with Gasteiger partial charge in [-0.3, -0.25) is 4.79 Å². The normalized spacial score (nSPS) is 19.1. The molecule has 166 valence electrons. The van der Waals surface area contributed by atoms with E-state index in [9.17, 15) is 9.59 Å². The van der Waals surface area contributed by atoms with Gasteiger partial charge in [-0.15, -0.1) is 0 Å². The van der Waals surface area contributed by atoms with Crippen molar-refractivity contribution in [2.75, 3.05) is 20.8 Å². The summed E-state index contributed by atoms with van der Waals surface area (Å²) in [4.78, 5) is 29.0. The molecule has 1 aromatic heterocycles. The summed E-state index contributed by atoms with van der Waals surface area (Å²) in [5.41, 5.74) is 3.49. The molecule has 6 heteroatoms. The zero-order valence-electron chi connectivity index (χ0n) is 18.6. The average Bonchev–Trinajstić information content (AvgIpc) is 3.14. The number of carbonyl (C=O) groups excluding carboxylic acids is 2. The van der Waals surface area contributed by atoms with Gasteiger partial charge in [-0.1, -0.05) is 19.3 Å². The predicted molar refractivity (Wildman–Crippen MR) is 117 cm³/mol. The van der Waals surface area contributed by atoms with Crippen LogP contribution in [0.4, 0.5) is 0 Å². The first-order valence-electron chi connectivity index (χ1n) is 11.2. The van der Waals surface area contributed by atoms with Crippen LogP contribution in [0.5, 0.6) is 11.5 Å². The first kappa shape index (κ1) is 21.5. The highest BCUT2D eigenvalue weighted by Crippen LogP contribution is 2.40. The third kappa shape index (κ3) is 4.34. The Morgan fingerprint density at radius 2 is 1.87 bits per heavy atom. The van der Waals surface area contributed by atoms with E-state index in [2.05, 4.69) is 4.98 Å². The van der Waals surface area contributed by atoms with Crippen LogP contribution in [0.25, 0.3) is 0 Å². The average molecular weight is 426 g/mol. The van der Waals surface area contributed by atoms with Crippen molar-refractivity contribution in [2.24, 2.45) is 5.92 Å². The summed E-state index contributed by atoms with van der Waals surface area (Å²) < 4.78 is 16.5. The van der Waals surface area contributed by atoms with Gasteiger partial charge in [0.05, 0.1) is 20.8 Å². The maximum Gasteiger partial charge on any atom is 0.355 e. The molecule has 0 amide bonds. The molecule has 1 heterocycles. The fourth-order valence-corrected chi connectivity index (χ4v) is 5.04. The van der Waals surface area contributed by atoms with E-state index in [1.807, 2.05) is 25.1 Å². The number of hydrogen-bond donors (Lipinski definition) is 1. The molecule has 0 aliphatic heterocycles. The Morgan fingerprint density at radius 3 is 2.58 bits per heavy atom. The number of methoxy groups -OCH3 is 2. The second kappa shape index (κ2) is 9.16. The molecular formula is C25H31NO5. The summed E-state index contributed by atoms with van der Waals surface area (Å²) in [6.07, 6.45) is 6.93. The SMILES string of the molecule is COc1ccc(OC)c([C@@H]2CC(=O)c3c([nH]c(C(=O)OCC4CCCCC4)c3C)C2)c1. The molecule has 0 spiro atoms. The minimum absolute atomic E-state index is 0.0382. The summed E-state index contributed by atoms with van der Waals surface area (Å²) >= 11 is 0. The van der Waals surface area contributed by atoms with Crippen LogP contribution < -0.4 is 9.47 Å². The Balaban J connectivity index is 1.54. The van der Waals surface area contributed by atoms with E-state index >= 15 is 0 Å². The molecule has 2 aromatic rings. The number of H-pyrrole nitrogens is 1. The van der Waals surface area contributed by atoms with Crippen molar-refractivity contribution in [3.05, 3.63) is 46.3 Å². The molecule has 1 saturated carbocycles. The number of aromatic amines is 1. The van der Waals surface area contributed by atoms with Gasteiger partial charge < -0.3 is 19.2 Å². The monoisotopic (exact) mass is 425 g/mol. The first-order chi connectivity index (χ1) is 15.0. The quantitative estimate of drug-likeness (QED) is 0.660. The summed E-state index contributed by atoms with van der Waals surface area (Å²) in [6, 6.07) is 5.64. The number of esters is 1. The Labute approximate surface area is 183 Å². The van der Waals surface area contributed by atoms with Crippen LogP contribution in [-0.4, -0.2) is 37.6 Å². The van der Waals surface area contributed by atoms with Gasteiger partial charge in [0.15, 0.2) is 5.78 Å². The first-order valence-corrected chi connectivity index (χ1v) is 11.2. The lowest BCUT2D eigenvalue weighted by Crippen LogP contribution is -2.19. The van der Waals surface area contributed by atoms with Gasteiger partial charge in [0.1, 0.15) is 17.2 Å². The zero-order chi connectivity index (χ0) is 22.0. The lowest BCUT2D eigenvalue weighted by molar-refractivity contribution is 0.0403. The van der Waals surface area contributed by atoms with E-state index in [0.717, 1.165) is 35.6 Å². The summed E-state index contributed by atoms with van der Waals surface area (Å²) in [5, 5.41) is 0. The van der Waals surface area contributed by atoms with Gasteiger partial charge in [-0.2, -0.15) is 0 Å². The topological polar surface area (TPSA) is 77.6 Å². The Morgan fingerprint density at radius 1 is 1.10 bits per heavy atom. The highest BCUT2D eigenvalue weighted by molar-refractivity contribution is 6.03. The second-order valence-corrected chi connectivity index (χ2v) is 8.72. The van der Waals surface area contributed by atoms with Gasteiger partial charge in [0, 0.05) is 29.2 Å². The molecule has 4 rings (SSSR count). The third-order valence-electron chi connectivity index (χ3n) is 6.74. The number of hydrogen-bond acceptors (Lipinski definition) is 5. The van der Waals surface area contributed by atoms with Crippen molar-refractivity contribution < 1.29 is 23.8 Å². The lowest BCUT2D eigenvalue weighted by atomic mass is 9.81. The number of benzene rings is 1. The number of ketones is 1. The smallest absolute Gasteiger partial charge is 0.355 e. The Hall–Kier alpha value is -2.76. The number of aromatic nitrogens is 1. The molecule has 1 fully saturated rings. The van der Waals surface area contributed by atoms with Gasteiger partial charge in [0.2, 0.25) is 0 Å². The summed E-state index contributed by atoms with van der Waals surface area (Å²) in [6.45, 7) is 2.29. The van der Waals surface area contributed by atoms with E-state index in [1.54, 1.807) is 14.2 Å². The van der Waals surface area contributed by atoms with E-state index in [0.29, 0.717) is 42.2 Å². The molecule has 2 aliphatic carbocycles. The van der Waals surface area contributed by atoms with Crippen molar-refractivity contribution in [2.45, 2.75) is 57.8 Å². The van der Waals surface area contributed by atoms with Crippen LogP contribution in [0.2, 0.25) is 0 Å². The van der Waals surface area contributed by atoms with Crippen LogP contribution in [0.3, 0.4) is 0 Å². The van der Waals surface area contributed by atoms with Crippen LogP contribution >= 0.6 is 0 Å². The summed E-state index contributed by atoms with van der Waals surface area (Å²) in [7, 11) is 3.25. The molecule has 1 atom stereocenters. The number of ether oxygens (including phenoxy) is 3. The fourth-order valence-electron chi connectivity index (χ4n) is 5.04. The molecular weight excluding hydrogens is 394 g/mol. The number of nitrogens with one attached hydrogen (secondary N) is 1. The number of Topliss-reactive ketones (excluding diaryl/α,β-unsaturated/α-hetero) is 1. The van der Waals surface area contributed by atoms with Gasteiger partial charge in [-0.05, 0) is 55.9 Å². The van der Waals surface area contributed by atoms with E-state index in [4.69, 9.17) is 14.2 Å². The predicted octanol–water partition coefficient (Wildman–Crippen LogP) is 4.99. The van der Waals surface area contributed by atoms with E-state index < -0.39 is 0 Å². The standard InChI is InChI=1S/C25H31NO5/c1-15-23-20(26-24(15)25(28)31-14-16-7-5-4-6-8-16)11-17(12-21(23)27)19-13-18(29-2)9-10-22(19)30-3/h9-10,13,16-17,26H,4-8,11-12,14H2,1-3H3/t17-/m0/s1. The summed E-state index contributed by atoms with van der Waals surface area (Å²) in [5.74, 6) is 1.54. The zero-order valence-corrected chi connectivity index (χ0v) is 18.6. The van der Waals surface area contributed by atoms with Crippen LogP contribution in [0.1, 0.15) is 82.1 Å². The van der Waals surface area contributed by atoms with Crippen molar-refractivity contribution in [1.82, 2.24) is 4.98 Å². The molecule has 1 N–H and O–H groups in total. The van der Waals surface area contributed by atoms with Gasteiger partial charge >= 0.3 is 5.97 Å². The minimum atomic E-state index is -0.360. The lowest BCUT2D eigenvalue weighted by Gasteiger charge is -2.24. The molecule has 31 heavy (non-hydrogen) atoms. The molecule has 6 nitrogen and oxygen atoms in total. The third-order valence-corrected chi connectivity index (χ3v) is 6.74. The minimum Gasteiger partial charge on any atom is -0.497 e. The van der Waals surface area contributed by atoms with Crippen molar-refractivity contribution in [3.8, 4) is 11.5 Å². The molecule has 2 aliphatic rings. The number of fused-ring (bicyclic) bond motifs is 1. The van der Waals surface area contributed by atoms with Gasteiger partial charge in [0.25, 0.3) is 0 Å². The van der Waals surface area contributed by atoms with Crippen molar-refractivity contribution >= 4 is 11.8 Å². The van der Waals surface area contributed by atoms with Crippen molar-refractivity contribution in [1.29, 1.82) is 0 Å². The molecule has 0 saturated heterocycles. The highest BCUT2D eigenvalue weighted by atomic mass is 16.5. The molecule has 0 unspecified atom stereocenters. The van der Waals surface area contributed by atoms with Crippen molar-refractivity contribution in [3.63, 3.8) is 0 Å². The Kier molecular flexibility index (Phi) is 6.35. The maximum atomic E-state index is 13.0. The van der Waals surface area contributed by atoms with Crippen LogP contribution in [0, 0.1) is 12.8 Å². The largest absolute Gasteiger partial charge is 0.497 e. The molecule has 0 bridgehead atoms. The number of rotatable bonds is 6. The maximum absolute atomic E-state index is 13.0. The van der Waals surface area contributed by atoms with Gasteiger partial charge in [-0.25, -0.2) is 4.79 Å². The van der Waals surface area contributed by atoms with Crippen LogP contribution in [0.15, 0.2) is 18.2 Å². The van der Waals surface area contributed by atoms with E-state index in [1.165, 1.54) is 19.3 Å². The molecule has 1 aromatic carbocycles. The number of carbonyl (C=O) groups is 2. The van der Waals surface area contributed by atoms with E-state index in [-0.39, 0.29) is 17.7 Å². The fraction of sp³-hybridized carbons (Fsp3) is 0.520. The molecule has 0 radical (unpaired) electrons.